The van der Waals surface area contributed by atoms with E-state index < -0.39 is 5.79 Å². The van der Waals surface area contributed by atoms with E-state index >= 15 is 0 Å². The molecule has 0 spiro atoms. The number of rotatable bonds is 4. The molecule has 0 aromatic heterocycles. The molecule has 0 bridgehead atoms. The van der Waals surface area contributed by atoms with Crippen LogP contribution in [0.15, 0.2) is 45.6 Å². The molecule has 2 nitrogen and oxygen atoms in total. The molecule has 0 aromatic carbocycles. The Morgan fingerprint density at radius 1 is 1.23 bits per heavy atom. The molecule has 0 aliphatic heterocycles. The average molecular weight is 378 g/mol. The van der Waals surface area contributed by atoms with E-state index in [0.717, 1.165) is 18.6 Å². The van der Waals surface area contributed by atoms with Crippen molar-refractivity contribution in [2.75, 3.05) is 6.61 Å². The van der Waals surface area contributed by atoms with Crippen LogP contribution in [-0.2, 0) is 29.9 Å². The SMILES string of the molecule is CCOC1(OC2=[C]([Ti+2])CC=C2)CC=CC=C1C(C)(C)C.[Cl-].[Cl-]. The zero-order valence-electron chi connectivity index (χ0n) is 13.6. The van der Waals surface area contributed by atoms with Crippen molar-refractivity contribution in [3.8, 4) is 0 Å². The van der Waals surface area contributed by atoms with Crippen LogP contribution in [0.1, 0.15) is 40.5 Å². The van der Waals surface area contributed by atoms with Crippen LogP contribution in [-0.4, -0.2) is 12.4 Å². The van der Waals surface area contributed by atoms with Crippen molar-refractivity contribution < 1.29 is 54.7 Å². The molecule has 0 N–H and O–H groups in total. The molecule has 0 amide bonds. The fraction of sp³-hybridized carbons (Fsp3) is 0.529. The molecule has 0 fully saturated rings. The van der Waals surface area contributed by atoms with Crippen LogP contribution in [0, 0.1) is 5.41 Å². The average Bonchev–Trinajstić information content (AvgIpc) is 2.74. The molecule has 121 valence electrons. The molecule has 0 heterocycles. The fourth-order valence-corrected chi connectivity index (χ4v) is 3.09. The number of ether oxygens (including phenoxy) is 2. The Bertz CT molecular complexity index is 501. The number of allylic oxidation sites excluding steroid dienone is 5. The van der Waals surface area contributed by atoms with Gasteiger partial charge in [-0.15, -0.1) is 0 Å². The van der Waals surface area contributed by atoms with Gasteiger partial charge in [0.15, 0.2) is 0 Å². The predicted molar refractivity (Wildman–Crippen MR) is 77.5 cm³/mol. The van der Waals surface area contributed by atoms with Crippen molar-refractivity contribution in [3.63, 3.8) is 0 Å². The summed E-state index contributed by atoms with van der Waals surface area (Å²) in [5.74, 6) is 0.302. The Balaban J connectivity index is 0.00000220. The molecular formula is C17H23Cl2O2Ti. The van der Waals surface area contributed by atoms with Crippen LogP contribution in [0.4, 0.5) is 0 Å². The van der Waals surface area contributed by atoms with Crippen molar-refractivity contribution in [1.82, 2.24) is 0 Å². The Hall–Kier alpha value is 0.0143. The Morgan fingerprint density at radius 2 is 1.91 bits per heavy atom. The summed E-state index contributed by atoms with van der Waals surface area (Å²) in [6, 6.07) is 0. The number of halogens is 2. The summed E-state index contributed by atoms with van der Waals surface area (Å²) in [5.41, 5.74) is 1.21. The van der Waals surface area contributed by atoms with E-state index in [9.17, 15) is 0 Å². The molecule has 2 aliphatic rings. The summed E-state index contributed by atoms with van der Waals surface area (Å²) in [4.78, 5) is 0. The van der Waals surface area contributed by atoms with Crippen LogP contribution < -0.4 is 24.8 Å². The predicted octanol–water partition coefficient (Wildman–Crippen LogP) is -1.61. The van der Waals surface area contributed by atoms with E-state index in [1.165, 1.54) is 9.45 Å². The van der Waals surface area contributed by atoms with Gasteiger partial charge < -0.3 is 24.8 Å². The Morgan fingerprint density at radius 3 is 2.41 bits per heavy atom. The van der Waals surface area contributed by atoms with Gasteiger partial charge in [0.2, 0.25) is 0 Å². The van der Waals surface area contributed by atoms with Crippen LogP contribution >= 0.6 is 0 Å². The first-order chi connectivity index (χ1) is 9.39. The van der Waals surface area contributed by atoms with Gasteiger partial charge in [-0.1, -0.05) is 0 Å². The molecule has 0 saturated carbocycles. The van der Waals surface area contributed by atoms with Gasteiger partial charge in [-0.25, -0.2) is 0 Å². The summed E-state index contributed by atoms with van der Waals surface area (Å²) < 4.78 is 13.8. The van der Waals surface area contributed by atoms with E-state index in [0.29, 0.717) is 6.61 Å². The van der Waals surface area contributed by atoms with Crippen molar-refractivity contribution in [2.45, 2.75) is 46.3 Å². The third kappa shape index (κ3) is 4.75. The van der Waals surface area contributed by atoms with E-state index in [2.05, 4.69) is 71.6 Å². The van der Waals surface area contributed by atoms with Crippen LogP contribution in [0.3, 0.4) is 0 Å². The molecule has 1 unspecified atom stereocenters. The summed E-state index contributed by atoms with van der Waals surface area (Å²) in [6.45, 7) is 9.29. The number of hydrogen-bond acceptors (Lipinski definition) is 2. The Labute approximate surface area is 158 Å². The van der Waals surface area contributed by atoms with Gasteiger partial charge in [0.25, 0.3) is 0 Å². The van der Waals surface area contributed by atoms with Crippen molar-refractivity contribution >= 4 is 0 Å². The standard InChI is InChI=1S/C17H23O2.2ClH.Ti/c1-5-18-17(19-14-10-6-7-11-14)13-9-8-12-15(17)16(2,3)4;;;/h6,8-10,12H,5,7,13H2,1-4H3;2*1H;/q;;;+2/p-2. The van der Waals surface area contributed by atoms with Gasteiger partial charge in [0, 0.05) is 0 Å². The summed E-state index contributed by atoms with van der Waals surface area (Å²) >= 11 is 2.12. The van der Waals surface area contributed by atoms with E-state index in [1.54, 1.807) is 0 Å². The summed E-state index contributed by atoms with van der Waals surface area (Å²) in [6.07, 6.45) is 12.3. The first kappa shape index (κ1) is 22.0. The minimum Gasteiger partial charge on any atom is -1.00 e. The van der Waals surface area contributed by atoms with E-state index in [4.69, 9.17) is 9.47 Å². The van der Waals surface area contributed by atoms with Gasteiger partial charge in [-0.2, -0.15) is 0 Å². The molecule has 1 atom stereocenters. The van der Waals surface area contributed by atoms with Crippen molar-refractivity contribution in [3.05, 3.63) is 45.6 Å². The first-order valence-corrected chi connectivity index (χ1v) is 7.99. The van der Waals surface area contributed by atoms with E-state index in [-0.39, 0.29) is 30.2 Å². The summed E-state index contributed by atoms with van der Waals surface area (Å²) in [5, 5.41) is 0. The molecular weight excluding hydrogens is 355 g/mol. The third-order valence-electron chi connectivity index (χ3n) is 3.54. The van der Waals surface area contributed by atoms with Gasteiger partial charge in [-0.05, 0) is 0 Å². The summed E-state index contributed by atoms with van der Waals surface area (Å²) in [7, 11) is 0. The zero-order chi connectivity index (χ0) is 14.8. The number of hydrogen-bond donors (Lipinski definition) is 0. The van der Waals surface area contributed by atoms with Gasteiger partial charge >= 0.3 is 134 Å². The smallest absolute Gasteiger partial charge is 1.00 e. The monoisotopic (exact) mass is 377 g/mol. The molecule has 2 rings (SSSR count). The first-order valence-electron chi connectivity index (χ1n) is 7.21. The zero-order valence-corrected chi connectivity index (χ0v) is 16.7. The molecule has 0 radical (unpaired) electrons. The maximum Gasteiger partial charge on any atom is -1.00 e. The van der Waals surface area contributed by atoms with Crippen LogP contribution in [0.2, 0.25) is 0 Å². The topological polar surface area (TPSA) is 18.5 Å². The molecule has 5 heteroatoms. The maximum atomic E-state index is 6.38. The van der Waals surface area contributed by atoms with Gasteiger partial charge in [-0.3, -0.25) is 0 Å². The second-order valence-electron chi connectivity index (χ2n) is 6.20. The van der Waals surface area contributed by atoms with Crippen molar-refractivity contribution in [1.29, 1.82) is 0 Å². The quantitative estimate of drug-likeness (QED) is 0.433. The molecule has 0 saturated heterocycles. The second-order valence-corrected chi connectivity index (χ2v) is 7.14. The van der Waals surface area contributed by atoms with Gasteiger partial charge in [0.05, 0.1) is 0 Å². The van der Waals surface area contributed by atoms with E-state index in [1.807, 2.05) is 6.92 Å². The molecule has 0 aromatic rings. The molecule has 22 heavy (non-hydrogen) atoms. The largest absolute Gasteiger partial charge is 1.00 e. The third-order valence-corrected chi connectivity index (χ3v) is 4.25. The fourth-order valence-electron chi connectivity index (χ4n) is 2.70. The van der Waals surface area contributed by atoms with Gasteiger partial charge in [0.1, 0.15) is 0 Å². The maximum absolute atomic E-state index is 6.38. The second kappa shape index (κ2) is 8.75. The van der Waals surface area contributed by atoms with Crippen LogP contribution in [0.5, 0.6) is 0 Å². The minimum absolute atomic E-state index is 0. The Kier molecular flexibility index (Phi) is 8.76. The van der Waals surface area contributed by atoms with Crippen LogP contribution in [0.25, 0.3) is 0 Å². The van der Waals surface area contributed by atoms with Crippen molar-refractivity contribution in [2.24, 2.45) is 5.41 Å². The normalized spacial score (nSPS) is 23.8. The minimum atomic E-state index is -0.660. The molecule has 2 aliphatic carbocycles.